The van der Waals surface area contributed by atoms with Gasteiger partial charge in [0, 0.05) is 43.6 Å². The van der Waals surface area contributed by atoms with Crippen molar-refractivity contribution in [1.29, 1.82) is 0 Å². The van der Waals surface area contributed by atoms with Gasteiger partial charge in [0.15, 0.2) is 0 Å². The predicted molar refractivity (Wildman–Crippen MR) is 109 cm³/mol. The molecule has 0 atom stereocenters. The number of nitro benzene ring substituents is 1. The molecule has 0 fully saturated rings. The van der Waals surface area contributed by atoms with E-state index >= 15 is 0 Å². The second-order valence-corrected chi connectivity index (χ2v) is 8.03. The third-order valence-corrected chi connectivity index (χ3v) is 6.14. The van der Waals surface area contributed by atoms with Crippen molar-refractivity contribution in [2.75, 3.05) is 32.7 Å². The summed E-state index contributed by atoms with van der Waals surface area (Å²) < 4.78 is 37.3. The quantitative estimate of drug-likeness (QED) is 0.322. The molecule has 10 heteroatoms. The molecule has 0 spiro atoms. The van der Waals surface area contributed by atoms with Gasteiger partial charge in [-0.1, -0.05) is 0 Å². The number of benzene rings is 2. The summed E-state index contributed by atoms with van der Waals surface area (Å²) in [6.07, 6.45) is 2.07. The van der Waals surface area contributed by atoms with Crippen LogP contribution in [0.25, 0.3) is 10.9 Å². The highest BCUT2D eigenvalue weighted by molar-refractivity contribution is 7.90. The van der Waals surface area contributed by atoms with E-state index in [1.165, 1.54) is 43.6 Å². The fourth-order valence-corrected chi connectivity index (χ4v) is 4.38. The van der Waals surface area contributed by atoms with E-state index in [0.29, 0.717) is 30.0 Å². The number of ether oxygens (including phenoxy) is 2. The van der Waals surface area contributed by atoms with Crippen LogP contribution in [0.1, 0.15) is 6.42 Å². The smallest absolute Gasteiger partial charge is 0.294 e. The lowest BCUT2D eigenvalue weighted by Gasteiger charge is -2.11. The molecule has 0 unspecified atom stereocenters. The summed E-state index contributed by atoms with van der Waals surface area (Å²) in [5.41, 5.74) is 0.345. The number of methoxy groups -OCH3 is 2. The first-order valence-electron chi connectivity index (χ1n) is 8.81. The Morgan fingerprint density at radius 3 is 2.45 bits per heavy atom. The zero-order chi connectivity index (χ0) is 21.0. The molecular formula is C19H21N3O6S. The number of fused-ring (bicyclic) bond motifs is 1. The number of hydrogen-bond acceptors (Lipinski definition) is 7. The van der Waals surface area contributed by atoms with E-state index in [9.17, 15) is 18.5 Å². The van der Waals surface area contributed by atoms with Crippen LogP contribution >= 0.6 is 0 Å². The Hall–Kier alpha value is -3.11. The van der Waals surface area contributed by atoms with Gasteiger partial charge in [-0.15, -0.1) is 0 Å². The van der Waals surface area contributed by atoms with Gasteiger partial charge in [-0.05, 0) is 42.8 Å². The lowest BCUT2D eigenvalue weighted by Crippen LogP contribution is -2.13. The largest absolute Gasteiger partial charge is 0.497 e. The number of rotatable bonds is 9. The summed E-state index contributed by atoms with van der Waals surface area (Å²) in [7, 11) is -0.955. The fraction of sp³-hybridized carbons (Fsp3) is 0.263. The Balaban J connectivity index is 2.11. The second-order valence-electron chi connectivity index (χ2n) is 6.22. The van der Waals surface area contributed by atoms with Crippen molar-refractivity contribution in [2.24, 2.45) is 0 Å². The van der Waals surface area contributed by atoms with Gasteiger partial charge < -0.3 is 14.8 Å². The van der Waals surface area contributed by atoms with Crippen LogP contribution in [0.15, 0.2) is 53.6 Å². The first kappa shape index (κ1) is 20.6. The minimum absolute atomic E-state index is 0.00329. The van der Waals surface area contributed by atoms with Crippen LogP contribution in [-0.2, 0) is 14.8 Å². The maximum Gasteiger partial charge on any atom is 0.294 e. The number of hydrogen-bond donors (Lipinski definition) is 1. The van der Waals surface area contributed by atoms with E-state index in [1.54, 1.807) is 19.2 Å². The highest BCUT2D eigenvalue weighted by Gasteiger charge is 2.26. The van der Waals surface area contributed by atoms with Crippen LogP contribution in [-0.4, -0.2) is 44.7 Å². The van der Waals surface area contributed by atoms with Crippen molar-refractivity contribution < 1.29 is 22.8 Å². The fourth-order valence-electron chi connectivity index (χ4n) is 3.02. The molecule has 9 nitrogen and oxygen atoms in total. The van der Waals surface area contributed by atoms with Gasteiger partial charge in [0.2, 0.25) is 0 Å². The Morgan fingerprint density at radius 1 is 1.10 bits per heavy atom. The molecule has 0 saturated heterocycles. The van der Waals surface area contributed by atoms with E-state index in [-0.39, 0.29) is 16.1 Å². The summed E-state index contributed by atoms with van der Waals surface area (Å²) in [6.45, 7) is 1.15. The molecule has 3 aromatic rings. The van der Waals surface area contributed by atoms with Gasteiger partial charge in [-0.3, -0.25) is 10.1 Å². The summed E-state index contributed by atoms with van der Waals surface area (Å²) in [4.78, 5) is 11.0. The zero-order valence-electron chi connectivity index (χ0n) is 16.0. The third-order valence-electron chi connectivity index (χ3n) is 4.45. The molecule has 0 aliphatic heterocycles. The number of non-ortho nitro benzene ring substituents is 1. The Kier molecular flexibility index (Phi) is 6.04. The predicted octanol–water partition coefficient (Wildman–Crippen LogP) is 3.24. The van der Waals surface area contributed by atoms with Crippen LogP contribution < -0.4 is 10.1 Å². The maximum atomic E-state index is 13.2. The van der Waals surface area contributed by atoms with Gasteiger partial charge in [0.05, 0.1) is 16.9 Å². The zero-order valence-corrected chi connectivity index (χ0v) is 16.8. The van der Waals surface area contributed by atoms with Crippen LogP contribution in [0.5, 0.6) is 5.75 Å². The van der Waals surface area contributed by atoms with Crippen LogP contribution in [0.2, 0.25) is 0 Å². The molecule has 0 aliphatic rings. The number of nitro groups is 1. The van der Waals surface area contributed by atoms with E-state index in [0.717, 1.165) is 10.4 Å². The van der Waals surface area contributed by atoms with E-state index in [4.69, 9.17) is 9.47 Å². The van der Waals surface area contributed by atoms with Crippen molar-refractivity contribution >= 4 is 32.3 Å². The van der Waals surface area contributed by atoms with E-state index in [1.807, 2.05) is 0 Å². The number of nitrogens with zero attached hydrogens (tertiary/aromatic N) is 2. The molecule has 154 valence electrons. The molecule has 0 amide bonds. The van der Waals surface area contributed by atoms with Crippen LogP contribution in [0.3, 0.4) is 0 Å². The van der Waals surface area contributed by atoms with Gasteiger partial charge in [0.25, 0.3) is 15.7 Å². The number of aromatic nitrogens is 1. The van der Waals surface area contributed by atoms with Gasteiger partial charge in [-0.25, -0.2) is 12.4 Å². The van der Waals surface area contributed by atoms with Crippen molar-refractivity contribution in [3.05, 3.63) is 58.8 Å². The third kappa shape index (κ3) is 4.03. The average molecular weight is 419 g/mol. The Labute approximate surface area is 168 Å². The highest BCUT2D eigenvalue weighted by atomic mass is 32.2. The molecule has 0 aliphatic carbocycles. The summed E-state index contributed by atoms with van der Waals surface area (Å²) in [5, 5.41) is 15.2. The minimum Gasteiger partial charge on any atom is -0.497 e. The molecule has 1 N–H and O–H groups in total. The molecular weight excluding hydrogens is 398 g/mol. The Bertz CT molecular complexity index is 1120. The van der Waals surface area contributed by atoms with Crippen molar-refractivity contribution in [3.8, 4) is 5.75 Å². The molecule has 2 aromatic carbocycles. The molecule has 1 aromatic heterocycles. The normalized spacial score (nSPS) is 11.5. The van der Waals surface area contributed by atoms with Crippen LogP contribution in [0, 0.1) is 10.1 Å². The molecule has 29 heavy (non-hydrogen) atoms. The lowest BCUT2D eigenvalue weighted by molar-refractivity contribution is -0.383. The molecule has 0 bridgehead atoms. The first-order chi connectivity index (χ1) is 13.9. The molecule has 1 heterocycles. The monoisotopic (exact) mass is 419 g/mol. The molecule has 0 saturated carbocycles. The van der Waals surface area contributed by atoms with Crippen molar-refractivity contribution in [1.82, 2.24) is 3.97 Å². The number of nitrogens with one attached hydrogen (secondary N) is 1. The SMILES string of the molecule is COCCCNc1ccc([N+](=O)[O-])c2c1ccn2S(=O)(=O)c1ccc(OC)cc1. The van der Waals surface area contributed by atoms with Gasteiger partial charge in [0.1, 0.15) is 11.3 Å². The minimum atomic E-state index is -4.04. The molecule has 0 radical (unpaired) electrons. The topological polar surface area (TPSA) is 113 Å². The maximum absolute atomic E-state index is 13.2. The van der Waals surface area contributed by atoms with Gasteiger partial charge in [-0.2, -0.15) is 0 Å². The first-order valence-corrected chi connectivity index (χ1v) is 10.2. The standard InChI is InChI=1S/C19H21N3O6S/c1-27-13-3-11-20-17-8-9-18(22(23)24)19-16(17)10-12-21(19)29(25,26)15-6-4-14(28-2)5-7-15/h4-10,12,20H,3,11,13H2,1-2H3. The Morgan fingerprint density at radius 2 is 1.83 bits per heavy atom. The second kappa shape index (κ2) is 8.50. The lowest BCUT2D eigenvalue weighted by atomic mass is 10.2. The van der Waals surface area contributed by atoms with Gasteiger partial charge >= 0.3 is 0 Å². The highest BCUT2D eigenvalue weighted by Crippen LogP contribution is 2.34. The molecule has 3 rings (SSSR count). The summed E-state index contributed by atoms with van der Waals surface area (Å²) in [5.74, 6) is 0.509. The summed E-state index contributed by atoms with van der Waals surface area (Å²) in [6, 6.07) is 10.3. The average Bonchev–Trinajstić information content (AvgIpc) is 3.17. The summed E-state index contributed by atoms with van der Waals surface area (Å²) >= 11 is 0. The van der Waals surface area contributed by atoms with E-state index in [2.05, 4.69) is 5.32 Å². The van der Waals surface area contributed by atoms with Crippen molar-refractivity contribution in [3.63, 3.8) is 0 Å². The van der Waals surface area contributed by atoms with E-state index < -0.39 is 14.9 Å². The van der Waals surface area contributed by atoms with Crippen molar-refractivity contribution in [2.45, 2.75) is 11.3 Å². The number of anilines is 1. The van der Waals surface area contributed by atoms with Crippen LogP contribution in [0.4, 0.5) is 11.4 Å².